The zero-order chi connectivity index (χ0) is 29.7. The predicted octanol–water partition coefficient (Wildman–Crippen LogP) is 8.56. The molecule has 0 N–H and O–H groups in total. The molecule has 43 heavy (non-hydrogen) atoms. The zero-order valence-electron chi connectivity index (χ0n) is 24.0. The maximum Gasteiger partial charge on any atom is 0.321 e. The molecule has 3 heterocycles. The molecule has 3 atom stereocenters. The second kappa shape index (κ2) is 8.66. The molecule has 2 aliphatic carbocycles. The van der Waals surface area contributed by atoms with Crippen LogP contribution in [-0.2, 0) is 14.9 Å². The van der Waals surface area contributed by atoms with Crippen LogP contribution < -0.4 is 9.64 Å². The lowest BCUT2D eigenvalue weighted by Gasteiger charge is -2.60. The Morgan fingerprint density at radius 3 is 2.35 bits per heavy atom. The fourth-order valence-corrected chi connectivity index (χ4v) is 8.05. The van der Waals surface area contributed by atoms with Crippen molar-refractivity contribution in [2.24, 2.45) is 11.3 Å². The number of cyclic esters (lactones) is 1. The largest absolute Gasteiger partial charge is 0.457 e. The number of benzene rings is 3. The molecule has 0 fully saturated rings. The summed E-state index contributed by atoms with van der Waals surface area (Å²) in [6, 6.07) is 20.5. The molecular weight excluding hydrogens is 544 g/mol. The van der Waals surface area contributed by atoms with Crippen molar-refractivity contribution >= 4 is 11.7 Å². The highest BCUT2D eigenvalue weighted by molar-refractivity contribution is 5.86. The van der Waals surface area contributed by atoms with Gasteiger partial charge >= 0.3 is 5.97 Å². The van der Waals surface area contributed by atoms with Crippen LogP contribution in [0, 0.1) is 17.2 Å². The van der Waals surface area contributed by atoms with Gasteiger partial charge in [0, 0.05) is 28.4 Å². The Balaban J connectivity index is 1.47. The molecule has 3 unspecified atom stereocenters. The number of ether oxygens (including phenoxy) is 2. The lowest BCUT2D eigenvalue weighted by Crippen LogP contribution is -2.62. The van der Waals surface area contributed by atoms with Crippen LogP contribution in [0.4, 0.5) is 14.5 Å². The van der Waals surface area contributed by atoms with Crippen molar-refractivity contribution in [3.05, 3.63) is 149 Å². The van der Waals surface area contributed by atoms with Crippen molar-refractivity contribution in [1.82, 2.24) is 0 Å². The van der Waals surface area contributed by atoms with E-state index in [1.807, 2.05) is 86.7 Å². The Morgan fingerprint density at radius 2 is 1.63 bits per heavy atom. The molecule has 0 saturated carbocycles. The van der Waals surface area contributed by atoms with E-state index in [4.69, 9.17) is 9.47 Å². The zero-order valence-corrected chi connectivity index (χ0v) is 24.0. The molecule has 1 spiro atoms. The van der Waals surface area contributed by atoms with Crippen molar-refractivity contribution in [3.63, 3.8) is 0 Å². The minimum absolute atomic E-state index is 0.290. The van der Waals surface area contributed by atoms with Crippen molar-refractivity contribution in [2.75, 3.05) is 4.90 Å². The number of rotatable bonds is 1. The smallest absolute Gasteiger partial charge is 0.321 e. The van der Waals surface area contributed by atoms with E-state index in [0.29, 0.717) is 17.9 Å². The second-order valence-electron chi connectivity index (χ2n) is 12.4. The van der Waals surface area contributed by atoms with Gasteiger partial charge in [0.2, 0.25) is 0 Å². The predicted molar refractivity (Wildman–Crippen MR) is 161 cm³/mol. The molecule has 4 nitrogen and oxygen atoms in total. The summed E-state index contributed by atoms with van der Waals surface area (Å²) in [5, 5.41) is 0. The number of allylic oxidation sites excluding steroid dienone is 5. The highest BCUT2D eigenvalue weighted by Gasteiger charge is 2.61. The third kappa shape index (κ3) is 3.26. The number of fused-ring (bicyclic) bond motifs is 9. The third-order valence-corrected chi connectivity index (χ3v) is 10.0. The van der Waals surface area contributed by atoms with E-state index in [1.165, 1.54) is 18.4 Å². The summed E-state index contributed by atoms with van der Waals surface area (Å²) in [6.07, 6.45) is 11.2. The fraction of sp³-hybridized carbons (Fsp3) is 0.216. The lowest BCUT2D eigenvalue weighted by atomic mass is 9.52. The molecule has 6 heteroatoms. The number of para-hydroxylation sites is 2. The monoisotopic (exact) mass is 573 g/mol. The van der Waals surface area contributed by atoms with Gasteiger partial charge in [-0.25, -0.2) is 8.78 Å². The van der Waals surface area contributed by atoms with E-state index in [0.717, 1.165) is 39.2 Å². The van der Waals surface area contributed by atoms with Gasteiger partial charge in [-0.05, 0) is 92.5 Å². The van der Waals surface area contributed by atoms with Crippen molar-refractivity contribution < 1.29 is 23.0 Å². The van der Waals surface area contributed by atoms with Gasteiger partial charge in [0.15, 0.2) is 0 Å². The van der Waals surface area contributed by atoms with Crippen molar-refractivity contribution in [3.8, 4) is 11.5 Å². The number of esters is 1. The minimum Gasteiger partial charge on any atom is -0.457 e. The van der Waals surface area contributed by atoms with E-state index in [-0.39, 0.29) is 17.6 Å². The minimum atomic E-state index is -0.975. The Morgan fingerprint density at radius 1 is 0.930 bits per heavy atom. The lowest BCUT2D eigenvalue weighted by molar-refractivity contribution is -0.147. The molecule has 0 bridgehead atoms. The number of anilines is 1. The summed E-state index contributed by atoms with van der Waals surface area (Å²) in [5.74, 6) is -0.205. The van der Waals surface area contributed by atoms with Crippen LogP contribution in [-0.4, -0.2) is 11.5 Å². The molecule has 5 aliphatic rings. The first-order valence-corrected chi connectivity index (χ1v) is 14.5. The molecule has 3 aromatic rings. The number of nitrogens with zero attached hydrogens (tertiary/aromatic N) is 1. The van der Waals surface area contributed by atoms with Crippen molar-refractivity contribution in [2.45, 2.75) is 38.1 Å². The summed E-state index contributed by atoms with van der Waals surface area (Å²) in [5.41, 5.74) is 3.27. The van der Waals surface area contributed by atoms with Crippen LogP contribution in [0.2, 0.25) is 0 Å². The molecule has 3 aliphatic heterocycles. The second-order valence-corrected chi connectivity index (χ2v) is 12.4. The van der Waals surface area contributed by atoms with E-state index >= 15 is 8.78 Å². The average molecular weight is 574 g/mol. The molecule has 8 rings (SSSR count). The van der Waals surface area contributed by atoms with Gasteiger partial charge in [0.05, 0.1) is 22.6 Å². The first kappa shape index (κ1) is 26.0. The SMILES string of the molecule is CC1=COC(=O)C2(C)CC=C(N3c4ccc(F)cc4C4(c5ccccc5Oc5ccccc54)C4C=C(F)C=CC43C)C=C12. The normalized spacial score (nSPS) is 27.6. The van der Waals surface area contributed by atoms with Gasteiger partial charge < -0.3 is 14.4 Å². The van der Waals surface area contributed by atoms with Gasteiger partial charge in [-0.1, -0.05) is 48.6 Å². The van der Waals surface area contributed by atoms with Gasteiger partial charge in [-0.15, -0.1) is 0 Å². The van der Waals surface area contributed by atoms with E-state index in [1.54, 1.807) is 12.1 Å². The molecule has 0 saturated heterocycles. The Kier molecular flexibility index (Phi) is 5.23. The highest BCUT2D eigenvalue weighted by Crippen LogP contribution is 2.65. The molecule has 3 aromatic carbocycles. The average Bonchev–Trinajstić information content (AvgIpc) is 3.00. The number of halogens is 2. The molecule has 0 amide bonds. The summed E-state index contributed by atoms with van der Waals surface area (Å²) in [4.78, 5) is 15.1. The first-order valence-electron chi connectivity index (χ1n) is 14.5. The van der Waals surface area contributed by atoms with Gasteiger partial charge in [-0.3, -0.25) is 4.79 Å². The fourth-order valence-electron chi connectivity index (χ4n) is 8.05. The first-order chi connectivity index (χ1) is 20.7. The van der Waals surface area contributed by atoms with Gasteiger partial charge in [-0.2, -0.15) is 0 Å². The van der Waals surface area contributed by atoms with E-state index < -0.39 is 22.3 Å². The third-order valence-electron chi connectivity index (χ3n) is 10.0. The number of hydrogen-bond donors (Lipinski definition) is 0. The molecule has 0 aromatic heterocycles. The number of hydrogen-bond acceptors (Lipinski definition) is 4. The number of carbonyl (C=O) groups is 1. The van der Waals surface area contributed by atoms with Crippen LogP contribution >= 0.6 is 0 Å². The molecular formula is C37H29F2NO3. The van der Waals surface area contributed by atoms with Crippen LogP contribution in [0.25, 0.3) is 0 Å². The molecule has 0 radical (unpaired) electrons. The topological polar surface area (TPSA) is 38.8 Å². The summed E-state index contributed by atoms with van der Waals surface area (Å²) >= 11 is 0. The Hall–Kier alpha value is -4.71. The van der Waals surface area contributed by atoms with Gasteiger partial charge in [0.1, 0.15) is 23.1 Å². The van der Waals surface area contributed by atoms with Crippen molar-refractivity contribution in [1.29, 1.82) is 0 Å². The number of carbonyl (C=O) groups excluding carboxylic acids is 1. The summed E-state index contributed by atoms with van der Waals surface area (Å²) in [7, 11) is 0. The maximum absolute atomic E-state index is 15.6. The van der Waals surface area contributed by atoms with Crippen LogP contribution in [0.1, 0.15) is 43.9 Å². The summed E-state index contributed by atoms with van der Waals surface area (Å²) < 4.78 is 42.8. The Bertz CT molecular complexity index is 1870. The Labute approximate surface area is 248 Å². The standard InChI is InChI=1S/C37H29F2NO3/c1-22-21-42-34(41)35(2)16-15-25(20-28(22)35)40-30-13-12-23(38)18-29(30)37(33-19-24(39)14-17-36(33,40)3)26-8-4-6-10-31(26)43-32-11-7-5-9-27(32)37/h4-15,17-21,33H,16H2,1-3H3. The van der Waals surface area contributed by atoms with Crippen LogP contribution in [0.5, 0.6) is 11.5 Å². The van der Waals surface area contributed by atoms with E-state index in [2.05, 4.69) is 11.8 Å². The molecule has 214 valence electrons. The van der Waals surface area contributed by atoms with Gasteiger partial charge in [0.25, 0.3) is 0 Å². The van der Waals surface area contributed by atoms with Crippen LogP contribution in [0.15, 0.2) is 126 Å². The quantitative estimate of drug-likeness (QED) is 0.274. The summed E-state index contributed by atoms with van der Waals surface area (Å²) in [6.45, 7) is 5.95. The highest BCUT2D eigenvalue weighted by atomic mass is 19.1. The van der Waals surface area contributed by atoms with Crippen LogP contribution in [0.3, 0.4) is 0 Å². The maximum atomic E-state index is 15.6. The van der Waals surface area contributed by atoms with E-state index in [9.17, 15) is 4.79 Å².